The van der Waals surface area contributed by atoms with E-state index in [2.05, 4.69) is 15.4 Å². The quantitative estimate of drug-likeness (QED) is 0.693. The van der Waals surface area contributed by atoms with E-state index in [4.69, 9.17) is 11.6 Å². The molecule has 7 nitrogen and oxygen atoms in total. The van der Waals surface area contributed by atoms with Crippen LogP contribution < -0.4 is 5.32 Å². The van der Waals surface area contributed by atoms with Crippen LogP contribution in [-0.2, 0) is 13.0 Å². The molecule has 0 radical (unpaired) electrons. The Morgan fingerprint density at radius 3 is 3.15 bits per heavy atom. The highest BCUT2D eigenvalue weighted by molar-refractivity contribution is 6.30. The highest BCUT2D eigenvalue weighted by Gasteiger charge is 2.22. The number of aromatic nitrogens is 3. The standard InChI is InChI=1S/C12H12ClN5O2/c13-8-1-3-10(11(5-8)18(19)20)16-9-2-4-12-14-7-15-17(12)6-9/h1,3,5,7,9,16H,2,4,6H2. The molecule has 104 valence electrons. The van der Waals surface area contributed by atoms with Crippen molar-refractivity contribution >= 4 is 23.0 Å². The molecule has 0 aliphatic carbocycles. The Labute approximate surface area is 119 Å². The molecule has 8 heteroatoms. The fourth-order valence-corrected chi connectivity index (χ4v) is 2.52. The summed E-state index contributed by atoms with van der Waals surface area (Å²) in [7, 11) is 0. The van der Waals surface area contributed by atoms with Gasteiger partial charge in [0.15, 0.2) is 0 Å². The molecule has 0 saturated carbocycles. The third-order valence-corrected chi connectivity index (χ3v) is 3.56. The van der Waals surface area contributed by atoms with Gasteiger partial charge < -0.3 is 5.32 Å². The molecular weight excluding hydrogens is 282 g/mol. The van der Waals surface area contributed by atoms with Crippen LogP contribution in [0.5, 0.6) is 0 Å². The van der Waals surface area contributed by atoms with E-state index in [-0.39, 0.29) is 11.7 Å². The first-order valence-corrected chi connectivity index (χ1v) is 6.58. The predicted molar refractivity (Wildman–Crippen MR) is 73.9 cm³/mol. The van der Waals surface area contributed by atoms with E-state index in [0.29, 0.717) is 17.3 Å². The number of benzene rings is 1. The minimum atomic E-state index is -0.433. The first kappa shape index (κ1) is 12.9. The van der Waals surface area contributed by atoms with Gasteiger partial charge in [0.2, 0.25) is 0 Å². The number of anilines is 1. The lowest BCUT2D eigenvalue weighted by Gasteiger charge is -2.24. The molecule has 20 heavy (non-hydrogen) atoms. The van der Waals surface area contributed by atoms with Crippen LogP contribution in [0.3, 0.4) is 0 Å². The van der Waals surface area contributed by atoms with Crippen molar-refractivity contribution in [3.8, 4) is 0 Å². The number of fused-ring (bicyclic) bond motifs is 1. The zero-order valence-corrected chi connectivity index (χ0v) is 11.2. The molecule has 0 bridgehead atoms. The normalized spacial score (nSPS) is 17.6. The molecule has 1 aromatic heterocycles. The summed E-state index contributed by atoms with van der Waals surface area (Å²) in [5.74, 6) is 0.952. The Kier molecular flexibility index (Phi) is 3.27. The highest BCUT2D eigenvalue weighted by Crippen LogP contribution is 2.29. The Bertz CT molecular complexity index is 657. The first-order valence-electron chi connectivity index (χ1n) is 6.20. The molecule has 2 aromatic rings. The summed E-state index contributed by atoms with van der Waals surface area (Å²) >= 11 is 5.80. The van der Waals surface area contributed by atoms with Gasteiger partial charge in [-0.15, -0.1) is 0 Å². The number of aryl methyl sites for hydroxylation is 1. The van der Waals surface area contributed by atoms with Gasteiger partial charge in [-0.25, -0.2) is 9.67 Å². The van der Waals surface area contributed by atoms with Crippen LogP contribution in [0.1, 0.15) is 12.2 Å². The second kappa shape index (κ2) is 5.09. The lowest BCUT2D eigenvalue weighted by Crippen LogP contribution is -2.32. The summed E-state index contributed by atoms with van der Waals surface area (Å²) in [6.07, 6.45) is 3.19. The number of nitro groups is 1. The number of nitrogens with one attached hydrogen (secondary N) is 1. The minimum Gasteiger partial charge on any atom is -0.375 e. The molecule has 0 spiro atoms. The molecular formula is C12H12ClN5O2. The van der Waals surface area contributed by atoms with Crippen LogP contribution >= 0.6 is 11.6 Å². The van der Waals surface area contributed by atoms with Crippen molar-refractivity contribution in [3.63, 3.8) is 0 Å². The predicted octanol–water partition coefficient (Wildman–Crippen LogP) is 2.27. The van der Waals surface area contributed by atoms with E-state index in [1.807, 2.05) is 4.68 Å². The average Bonchev–Trinajstić information content (AvgIpc) is 2.88. The maximum Gasteiger partial charge on any atom is 0.293 e. The van der Waals surface area contributed by atoms with Crippen LogP contribution in [0, 0.1) is 10.1 Å². The smallest absolute Gasteiger partial charge is 0.293 e. The highest BCUT2D eigenvalue weighted by atomic mass is 35.5. The molecule has 1 N–H and O–H groups in total. The van der Waals surface area contributed by atoms with Gasteiger partial charge in [-0.2, -0.15) is 5.10 Å². The molecule has 0 amide bonds. The number of rotatable bonds is 3. The van der Waals surface area contributed by atoms with Crippen molar-refractivity contribution in [3.05, 3.63) is 45.5 Å². The maximum absolute atomic E-state index is 11.1. The van der Waals surface area contributed by atoms with Crippen molar-refractivity contribution in [1.29, 1.82) is 0 Å². The topological polar surface area (TPSA) is 85.9 Å². The van der Waals surface area contributed by atoms with Crippen LogP contribution in [-0.4, -0.2) is 25.7 Å². The second-order valence-corrected chi connectivity index (χ2v) is 5.09. The number of nitro benzene ring substituents is 1. The van der Waals surface area contributed by atoms with Crippen molar-refractivity contribution in [1.82, 2.24) is 14.8 Å². The SMILES string of the molecule is O=[N+]([O-])c1cc(Cl)ccc1NC1CCc2ncnn2C1. The van der Waals surface area contributed by atoms with E-state index in [1.54, 1.807) is 12.1 Å². The van der Waals surface area contributed by atoms with Gasteiger partial charge in [-0.05, 0) is 18.6 Å². The van der Waals surface area contributed by atoms with Crippen LogP contribution in [0.2, 0.25) is 5.02 Å². The van der Waals surface area contributed by atoms with Crippen molar-refractivity contribution in [2.45, 2.75) is 25.4 Å². The molecule has 2 heterocycles. The maximum atomic E-state index is 11.1. The number of nitrogens with zero attached hydrogens (tertiary/aromatic N) is 4. The van der Waals surface area contributed by atoms with E-state index in [0.717, 1.165) is 18.7 Å². The largest absolute Gasteiger partial charge is 0.375 e. The van der Waals surface area contributed by atoms with Crippen molar-refractivity contribution in [2.24, 2.45) is 0 Å². The molecule has 1 aromatic carbocycles. The Hall–Kier alpha value is -2.15. The summed E-state index contributed by atoms with van der Waals surface area (Å²) in [4.78, 5) is 14.8. The zero-order valence-electron chi connectivity index (χ0n) is 10.5. The third-order valence-electron chi connectivity index (χ3n) is 3.32. The third kappa shape index (κ3) is 2.44. The van der Waals surface area contributed by atoms with Crippen LogP contribution in [0.4, 0.5) is 11.4 Å². The van der Waals surface area contributed by atoms with E-state index >= 15 is 0 Å². The van der Waals surface area contributed by atoms with Gasteiger partial charge in [-0.1, -0.05) is 11.6 Å². The second-order valence-electron chi connectivity index (χ2n) is 4.66. The van der Waals surface area contributed by atoms with Gasteiger partial charge in [0, 0.05) is 23.6 Å². The van der Waals surface area contributed by atoms with E-state index < -0.39 is 4.92 Å². The van der Waals surface area contributed by atoms with Crippen LogP contribution in [0.25, 0.3) is 0 Å². The van der Waals surface area contributed by atoms with Crippen molar-refractivity contribution < 1.29 is 4.92 Å². The number of halogens is 1. The zero-order chi connectivity index (χ0) is 14.1. The molecule has 1 aliphatic heterocycles. The molecule has 1 unspecified atom stereocenters. The van der Waals surface area contributed by atoms with Gasteiger partial charge in [0.25, 0.3) is 5.69 Å². The minimum absolute atomic E-state index is 0.0121. The number of hydrogen-bond donors (Lipinski definition) is 1. The summed E-state index contributed by atoms with van der Waals surface area (Å²) in [5, 5.41) is 18.7. The molecule has 0 fully saturated rings. The lowest BCUT2D eigenvalue weighted by molar-refractivity contribution is -0.384. The monoisotopic (exact) mass is 293 g/mol. The van der Waals surface area contributed by atoms with Gasteiger partial charge in [0.1, 0.15) is 17.8 Å². The Morgan fingerprint density at radius 2 is 2.35 bits per heavy atom. The summed E-state index contributed by atoms with van der Waals surface area (Å²) in [5.41, 5.74) is 0.467. The lowest BCUT2D eigenvalue weighted by atomic mass is 10.1. The van der Waals surface area contributed by atoms with Gasteiger partial charge in [0.05, 0.1) is 11.5 Å². The van der Waals surface area contributed by atoms with Crippen molar-refractivity contribution in [2.75, 3.05) is 5.32 Å². The first-order chi connectivity index (χ1) is 9.63. The van der Waals surface area contributed by atoms with Crippen LogP contribution in [0.15, 0.2) is 24.5 Å². The molecule has 1 aliphatic rings. The Balaban J connectivity index is 1.81. The fraction of sp³-hybridized carbons (Fsp3) is 0.333. The van der Waals surface area contributed by atoms with E-state index in [1.165, 1.54) is 12.4 Å². The fourth-order valence-electron chi connectivity index (χ4n) is 2.35. The Morgan fingerprint density at radius 1 is 1.50 bits per heavy atom. The summed E-state index contributed by atoms with van der Waals surface area (Å²) in [6, 6.07) is 4.72. The van der Waals surface area contributed by atoms with E-state index in [9.17, 15) is 10.1 Å². The summed E-state index contributed by atoms with van der Waals surface area (Å²) in [6.45, 7) is 0.648. The van der Waals surface area contributed by atoms with Gasteiger partial charge in [-0.3, -0.25) is 10.1 Å². The van der Waals surface area contributed by atoms with Gasteiger partial charge >= 0.3 is 0 Å². The molecule has 3 rings (SSSR count). The molecule has 0 saturated heterocycles. The summed E-state index contributed by atoms with van der Waals surface area (Å²) < 4.78 is 1.82. The average molecular weight is 294 g/mol. The molecule has 1 atom stereocenters. The number of hydrogen-bond acceptors (Lipinski definition) is 5.